The predicted octanol–water partition coefficient (Wildman–Crippen LogP) is 16.0. The summed E-state index contributed by atoms with van der Waals surface area (Å²) in [5.41, 5.74) is 0. The highest BCUT2D eigenvalue weighted by atomic mass is 16.7. The number of ether oxygens (including phenoxy) is 3. The largest absolute Gasteiger partial charge is 0.454 e. The van der Waals surface area contributed by atoms with Crippen molar-refractivity contribution < 1.29 is 49.3 Å². The van der Waals surface area contributed by atoms with Crippen molar-refractivity contribution in [1.29, 1.82) is 0 Å². The summed E-state index contributed by atoms with van der Waals surface area (Å²) in [6, 6.07) is -1.05. The molecule has 1 amide bonds. The van der Waals surface area contributed by atoms with E-state index in [-0.39, 0.29) is 19.4 Å². The van der Waals surface area contributed by atoms with E-state index in [1.165, 1.54) is 173 Å². The number of carbonyl (C=O) groups is 2. The van der Waals surface area contributed by atoms with Crippen LogP contribution in [0.15, 0.2) is 72.9 Å². The quantitative estimate of drug-likeness (QED) is 0.0149. The molecule has 11 nitrogen and oxygen atoms in total. The summed E-state index contributed by atoms with van der Waals surface area (Å²) in [6.07, 6.45) is 61.1. The van der Waals surface area contributed by atoms with Crippen molar-refractivity contribution in [3.63, 3.8) is 0 Å². The van der Waals surface area contributed by atoms with Gasteiger partial charge in [0.05, 0.1) is 25.4 Å². The number of allylic oxidation sites excluding steroid dienone is 11. The smallest absolute Gasteiger partial charge is 0.306 e. The van der Waals surface area contributed by atoms with Crippen molar-refractivity contribution in [3.05, 3.63) is 72.9 Å². The number of carbonyl (C=O) groups excluding carboxylic acids is 2. The number of hydrogen-bond donors (Lipinski definition) is 6. The number of nitrogens with one attached hydrogen (secondary N) is 1. The van der Waals surface area contributed by atoms with Crippen LogP contribution in [0.25, 0.3) is 0 Å². The molecule has 1 saturated heterocycles. The van der Waals surface area contributed by atoms with Crippen molar-refractivity contribution in [2.24, 2.45) is 0 Å². The molecule has 8 unspecified atom stereocenters. The number of aliphatic hydroxyl groups excluding tert-OH is 5. The van der Waals surface area contributed by atoms with Gasteiger partial charge in [0.1, 0.15) is 24.4 Å². The molecule has 1 aliphatic heterocycles. The molecule has 6 N–H and O–H groups in total. The maximum absolute atomic E-state index is 13.4. The highest BCUT2D eigenvalue weighted by Crippen LogP contribution is 2.26. The Hall–Kier alpha value is -2.90. The van der Waals surface area contributed by atoms with Gasteiger partial charge in [-0.05, 0) is 44.9 Å². The molecule has 0 saturated carbocycles. The Bertz CT molecular complexity index is 1560. The van der Waals surface area contributed by atoms with E-state index in [0.29, 0.717) is 12.8 Å². The first-order chi connectivity index (χ1) is 38.7. The van der Waals surface area contributed by atoms with Crippen LogP contribution in [0.2, 0.25) is 0 Å². The first-order valence-electron chi connectivity index (χ1n) is 32.8. The molecule has 0 aromatic rings. The number of unbranched alkanes of at least 4 members (excludes halogenated alkanes) is 35. The van der Waals surface area contributed by atoms with Gasteiger partial charge >= 0.3 is 5.97 Å². The second-order valence-electron chi connectivity index (χ2n) is 22.6. The lowest BCUT2D eigenvalue weighted by molar-refractivity contribution is -0.305. The molecule has 1 heterocycles. The molecule has 1 aliphatic rings. The summed E-state index contributed by atoms with van der Waals surface area (Å²) in [7, 11) is 0. The fourth-order valence-corrected chi connectivity index (χ4v) is 10.1. The second kappa shape index (κ2) is 55.6. The van der Waals surface area contributed by atoms with Gasteiger partial charge in [-0.25, -0.2) is 0 Å². The van der Waals surface area contributed by atoms with Crippen LogP contribution in [0.4, 0.5) is 0 Å². The molecule has 0 spiro atoms. The molecular weight excluding hydrogens is 991 g/mol. The van der Waals surface area contributed by atoms with Gasteiger partial charge in [-0.1, -0.05) is 306 Å². The van der Waals surface area contributed by atoms with Gasteiger partial charge in [0.15, 0.2) is 12.4 Å². The second-order valence-corrected chi connectivity index (χ2v) is 22.6. The van der Waals surface area contributed by atoms with E-state index < -0.39 is 67.4 Å². The standard InChI is InChI=1S/C68H121NO10/c1-4-7-10-13-16-19-22-24-26-27-28-29-30-31-32-33-34-35-36-38-41-44-47-50-53-56-63(73)79-66-65(75)64(74)62(57-70)78-68(66)77-58-59(60(71)54-51-48-45-42-39-21-18-15-12-9-6-3)69-67(76)61(72)55-52-49-46-43-40-37-25-23-20-17-14-11-8-5-2/h8,11,14,17,20,23,25,37,40,43,51,54,59-62,64-66,68,70-72,74-75H,4-7,9-10,12-13,15-16,18-19,21-22,24,26-36,38-39,41-42,44-50,52-53,55-58H2,1-3H3,(H,69,76)/b11-8+,17-14+,23-20-,37-25-,43-40+,54-51+. The van der Waals surface area contributed by atoms with Gasteiger partial charge in [0.25, 0.3) is 0 Å². The molecule has 11 heteroatoms. The van der Waals surface area contributed by atoms with Gasteiger partial charge in [0.2, 0.25) is 5.91 Å². The van der Waals surface area contributed by atoms with Crippen molar-refractivity contribution >= 4 is 11.9 Å². The average Bonchev–Trinajstić information content (AvgIpc) is 3.45. The normalized spacial score (nSPS) is 19.3. The number of rotatable bonds is 55. The molecule has 0 aromatic heterocycles. The zero-order valence-electron chi connectivity index (χ0n) is 50.7. The lowest BCUT2D eigenvalue weighted by atomic mass is 9.99. The van der Waals surface area contributed by atoms with Crippen LogP contribution in [0.3, 0.4) is 0 Å². The number of aliphatic hydroxyl groups is 5. The summed E-state index contributed by atoms with van der Waals surface area (Å²) in [6.45, 7) is 5.63. The average molecular weight is 1110 g/mol. The maximum Gasteiger partial charge on any atom is 0.306 e. The van der Waals surface area contributed by atoms with Crippen LogP contribution in [-0.2, 0) is 23.8 Å². The van der Waals surface area contributed by atoms with E-state index in [4.69, 9.17) is 14.2 Å². The zero-order chi connectivity index (χ0) is 57.5. The van der Waals surface area contributed by atoms with Crippen LogP contribution in [0.5, 0.6) is 0 Å². The van der Waals surface area contributed by atoms with E-state index in [2.05, 4.69) is 32.2 Å². The molecule has 1 fully saturated rings. The Morgan fingerprint density at radius 2 is 0.911 bits per heavy atom. The third kappa shape index (κ3) is 43.5. The van der Waals surface area contributed by atoms with E-state index in [1.54, 1.807) is 6.08 Å². The minimum absolute atomic E-state index is 0.119. The predicted molar refractivity (Wildman–Crippen MR) is 329 cm³/mol. The Balaban J connectivity index is 2.58. The maximum atomic E-state index is 13.4. The summed E-state index contributed by atoms with van der Waals surface area (Å²) in [5, 5.41) is 56.9. The molecule has 0 aliphatic carbocycles. The fraction of sp³-hybridized carbons (Fsp3) is 0.794. The van der Waals surface area contributed by atoms with Crippen molar-refractivity contribution in [3.8, 4) is 0 Å². The minimum atomic E-state index is -1.62. The van der Waals surface area contributed by atoms with E-state index in [9.17, 15) is 35.1 Å². The highest BCUT2D eigenvalue weighted by Gasteiger charge is 2.47. The minimum Gasteiger partial charge on any atom is -0.454 e. The number of amides is 1. The summed E-state index contributed by atoms with van der Waals surface area (Å²) in [4.78, 5) is 26.5. The van der Waals surface area contributed by atoms with Crippen LogP contribution >= 0.6 is 0 Å². The lowest BCUT2D eigenvalue weighted by Gasteiger charge is -2.41. The van der Waals surface area contributed by atoms with E-state index in [1.807, 2.05) is 60.8 Å². The molecule has 0 radical (unpaired) electrons. The van der Waals surface area contributed by atoms with Gasteiger partial charge in [-0.3, -0.25) is 9.59 Å². The topological polar surface area (TPSA) is 175 Å². The molecule has 79 heavy (non-hydrogen) atoms. The van der Waals surface area contributed by atoms with Gasteiger partial charge in [-0.2, -0.15) is 0 Å². The number of esters is 1. The van der Waals surface area contributed by atoms with Crippen LogP contribution in [-0.4, -0.2) is 99.6 Å². The van der Waals surface area contributed by atoms with Gasteiger partial charge in [-0.15, -0.1) is 0 Å². The van der Waals surface area contributed by atoms with Crippen LogP contribution in [0, 0.1) is 0 Å². The highest BCUT2D eigenvalue weighted by molar-refractivity contribution is 5.80. The SMILES string of the molecule is CC/C=C/C=C/C=C\C=C/C=C/CCCCC(O)C(=O)NC(COC1OC(CO)C(O)C(O)C1OC(=O)CCCCCCCCCCCCCCCCCCCCCCCCCCC)C(O)/C=C/CCCCCCCCCCC. The molecule has 1 rings (SSSR count). The Labute approximate surface area is 483 Å². The lowest BCUT2D eigenvalue weighted by Crippen LogP contribution is -2.61. The molecule has 458 valence electrons. The summed E-state index contributed by atoms with van der Waals surface area (Å²) >= 11 is 0. The summed E-state index contributed by atoms with van der Waals surface area (Å²) < 4.78 is 17.6. The van der Waals surface area contributed by atoms with Crippen molar-refractivity contribution in [2.45, 2.75) is 333 Å². The van der Waals surface area contributed by atoms with Gasteiger partial charge < -0.3 is 45.1 Å². The summed E-state index contributed by atoms with van der Waals surface area (Å²) in [5.74, 6) is -1.23. The Morgan fingerprint density at radius 3 is 1.37 bits per heavy atom. The third-order valence-corrected chi connectivity index (χ3v) is 15.3. The molecular formula is C68H121NO10. The zero-order valence-corrected chi connectivity index (χ0v) is 50.7. The van der Waals surface area contributed by atoms with Crippen LogP contribution in [0.1, 0.15) is 284 Å². The molecule has 0 aromatic carbocycles. The van der Waals surface area contributed by atoms with Gasteiger partial charge in [0, 0.05) is 6.42 Å². The fourth-order valence-electron chi connectivity index (χ4n) is 10.1. The van der Waals surface area contributed by atoms with Crippen molar-refractivity contribution in [1.82, 2.24) is 5.32 Å². The molecule has 0 bridgehead atoms. The Kier molecular flexibility index (Phi) is 52.2. The Morgan fingerprint density at radius 1 is 0.506 bits per heavy atom. The van der Waals surface area contributed by atoms with E-state index in [0.717, 1.165) is 64.2 Å². The van der Waals surface area contributed by atoms with Crippen LogP contribution < -0.4 is 5.32 Å². The molecule has 8 atom stereocenters. The van der Waals surface area contributed by atoms with Crippen molar-refractivity contribution in [2.75, 3.05) is 13.2 Å². The first kappa shape index (κ1) is 74.1. The monoisotopic (exact) mass is 1110 g/mol. The third-order valence-electron chi connectivity index (χ3n) is 15.3. The first-order valence-corrected chi connectivity index (χ1v) is 32.8. The number of hydrogen-bond acceptors (Lipinski definition) is 10. The van der Waals surface area contributed by atoms with E-state index >= 15 is 0 Å².